The van der Waals surface area contributed by atoms with Crippen LogP contribution >= 0.6 is 0 Å². The summed E-state index contributed by atoms with van der Waals surface area (Å²) in [7, 11) is 0. The maximum absolute atomic E-state index is 11.9. The van der Waals surface area contributed by atoms with Crippen molar-refractivity contribution in [3.63, 3.8) is 0 Å². The van der Waals surface area contributed by atoms with Crippen LogP contribution in [0.5, 0.6) is 0 Å². The van der Waals surface area contributed by atoms with Gasteiger partial charge in [-0.15, -0.1) is 0 Å². The lowest BCUT2D eigenvalue weighted by Gasteiger charge is -2.14. The largest absolute Gasteiger partial charge is 0.354 e. The highest BCUT2D eigenvalue weighted by Crippen LogP contribution is 2.27. The molecule has 98 valence electrons. The van der Waals surface area contributed by atoms with Crippen LogP contribution in [0.15, 0.2) is 0 Å². The molecule has 0 unspecified atom stereocenters. The smallest absolute Gasteiger partial charge is 0.240 e. The summed E-state index contributed by atoms with van der Waals surface area (Å²) < 4.78 is 2.11. The number of fused-ring (bicyclic) bond motifs is 1. The highest BCUT2D eigenvalue weighted by Gasteiger charge is 2.23. The molecule has 0 radical (unpaired) electrons. The number of hydrogen-bond acceptors (Lipinski definition) is 2. The Bertz CT molecular complexity index is 460. The molecule has 0 aliphatic heterocycles. The van der Waals surface area contributed by atoms with E-state index in [0.29, 0.717) is 6.54 Å². The Hall–Kier alpha value is -1.32. The summed E-state index contributed by atoms with van der Waals surface area (Å²) in [5.41, 5.74) is 2.51. The molecule has 1 heterocycles. The van der Waals surface area contributed by atoms with Crippen molar-refractivity contribution in [3.05, 3.63) is 17.2 Å². The van der Waals surface area contributed by atoms with Gasteiger partial charge in [0.25, 0.3) is 0 Å². The summed E-state index contributed by atoms with van der Waals surface area (Å²) in [4.78, 5) is 16.5. The number of rotatable bonds is 4. The van der Waals surface area contributed by atoms with Crippen molar-refractivity contribution in [2.45, 2.75) is 52.0 Å². The SMILES string of the molecule is Cc1nc2c(n1CC(=O)NCC1CC1)CCCC2. The van der Waals surface area contributed by atoms with Crippen molar-refractivity contribution < 1.29 is 4.79 Å². The molecule has 4 heteroatoms. The molecule has 1 amide bonds. The predicted octanol–water partition coefficient (Wildman–Crippen LogP) is 1.60. The third kappa shape index (κ3) is 2.42. The quantitative estimate of drug-likeness (QED) is 0.878. The van der Waals surface area contributed by atoms with Gasteiger partial charge in [-0.2, -0.15) is 0 Å². The van der Waals surface area contributed by atoms with Crippen LogP contribution in [-0.2, 0) is 24.2 Å². The molecule has 3 rings (SSSR count). The standard InChI is InChI=1S/C14H21N3O/c1-10-16-12-4-2-3-5-13(12)17(10)9-14(18)15-8-11-6-7-11/h11H,2-9H2,1H3,(H,15,18). The Morgan fingerprint density at radius 2 is 2.17 bits per heavy atom. The molecule has 1 saturated carbocycles. The number of hydrogen-bond donors (Lipinski definition) is 1. The number of nitrogens with one attached hydrogen (secondary N) is 1. The Morgan fingerprint density at radius 1 is 1.39 bits per heavy atom. The van der Waals surface area contributed by atoms with E-state index in [-0.39, 0.29) is 5.91 Å². The summed E-state index contributed by atoms with van der Waals surface area (Å²) >= 11 is 0. The zero-order chi connectivity index (χ0) is 12.5. The second kappa shape index (κ2) is 4.75. The first-order chi connectivity index (χ1) is 8.74. The van der Waals surface area contributed by atoms with E-state index >= 15 is 0 Å². The molecular weight excluding hydrogens is 226 g/mol. The summed E-state index contributed by atoms with van der Waals surface area (Å²) in [6, 6.07) is 0. The summed E-state index contributed by atoms with van der Waals surface area (Å²) in [6.45, 7) is 3.31. The van der Waals surface area contributed by atoms with Gasteiger partial charge < -0.3 is 9.88 Å². The molecule has 2 aliphatic carbocycles. The molecule has 18 heavy (non-hydrogen) atoms. The Kier molecular flexibility index (Phi) is 3.10. The van der Waals surface area contributed by atoms with Crippen molar-refractivity contribution in [3.8, 4) is 0 Å². The van der Waals surface area contributed by atoms with Crippen LogP contribution in [0.2, 0.25) is 0 Å². The molecule has 1 aromatic rings. The van der Waals surface area contributed by atoms with Crippen LogP contribution < -0.4 is 5.32 Å². The number of imidazole rings is 1. The van der Waals surface area contributed by atoms with Gasteiger partial charge in [-0.25, -0.2) is 4.98 Å². The fourth-order valence-electron chi connectivity index (χ4n) is 2.73. The zero-order valence-corrected chi connectivity index (χ0v) is 11.0. The van der Waals surface area contributed by atoms with Gasteiger partial charge in [0.2, 0.25) is 5.91 Å². The van der Waals surface area contributed by atoms with Gasteiger partial charge in [0.1, 0.15) is 12.4 Å². The van der Waals surface area contributed by atoms with Crippen molar-refractivity contribution in [1.29, 1.82) is 0 Å². The van der Waals surface area contributed by atoms with Crippen LogP contribution in [0.1, 0.15) is 42.9 Å². The monoisotopic (exact) mass is 247 g/mol. The molecule has 0 spiro atoms. The second-order valence-corrected chi connectivity index (χ2v) is 5.59. The third-order valence-corrected chi connectivity index (χ3v) is 4.01. The Labute approximate surface area is 108 Å². The molecule has 1 N–H and O–H groups in total. The second-order valence-electron chi connectivity index (χ2n) is 5.59. The molecule has 1 aromatic heterocycles. The van der Waals surface area contributed by atoms with E-state index in [1.807, 2.05) is 6.92 Å². The number of carbonyl (C=O) groups excluding carboxylic acids is 1. The zero-order valence-electron chi connectivity index (χ0n) is 11.0. The average molecular weight is 247 g/mol. The predicted molar refractivity (Wildman–Crippen MR) is 69.3 cm³/mol. The minimum absolute atomic E-state index is 0.135. The molecule has 4 nitrogen and oxygen atoms in total. The normalized spacial score (nSPS) is 18.5. The van der Waals surface area contributed by atoms with Crippen LogP contribution in [0.25, 0.3) is 0 Å². The Morgan fingerprint density at radius 3 is 2.94 bits per heavy atom. The highest BCUT2D eigenvalue weighted by atomic mass is 16.1. The average Bonchev–Trinajstić information content (AvgIpc) is 3.14. The first-order valence-corrected chi connectivity index (χ1v) is 7.05. The van der Waals surface area contributed by atoms with Gasteiger partial charge in [-0.3, -0.25) is 4.79 Å². The lowest BCUT2D eigenvalue weighted by Crippen LogP contribution is -2.30. The van der Waals surface area contributed by atoms with Gasteiger partial charge in [-0.05, 0) is 51.4 Å². The fourth-order valence-corrected chi connectivity index (χ4v) is 2.73. The molecule has 1 fully saturated rings. The lowest BCUT2D eigenvalue weighted by molar-refractivity contribution is -0.121. The molecule has 0 saturated heterocycles. The molecular formula is C14H21N3O. The van der Waals surface area contributed by atoms with Gasteiger partial charge in [0.05, 0.1) is 5.69 Å². The van der Waals surface area contributed by atoms with E-state index in [1.54, 1.807) is 0 Å². The molecule has 0 aromatic carbocycles. The summed E-state index contributed by atoms with van der Waals surface area (Å²) in [5, 5.41) is 3.03. The van der Waals surface area contributed by atoms with E-state index in [1.165, 1.54) is 37.1 Å². The number of nitrogens with zero attached hydrogens (tertiary/aromatic N) is 2. The van der Waals surface area contributed by atoms with Crippen LogP contribution in [0.4, 0.5) is 0 Å². The number of carbonyl (C=O) groups is 1. The maximum atomic E-state index is 11.9. The van der Waals surface area contributed by atoms with Crippen molar-refractivity contribution in [2.24, 2.45) is 5.92 Å². The van der Waals surface area contributed by atoms with E-state index < -0.39 is 0 Å². The van der Waals surface area contributed by atoms with Crippen LogP contribution in [-0.4, -0.2) is 22.0 Å². The fraction of sp³-hybridized carbons (Fsp3) is 0.714. The molecule has 0 bridgehead atoms. The van der Waals surface area contributed by atoms with Gasteiger partial charge >= 0.3 is 0 Å². The number of amides is 1. The van der Waals surface area contributed by atoms with Gasteiger partial charge in [-0.1, -0.05) is 0 Å². The molecule has 0 atom stereocenters. The minimum Gasteiger partial charge on any atom is -0.354 e. The van der Waals surface area contributed by atoms with E-state index in [9.17, 15) is 4.79 Å². The number of aromatic nitrogens is 2. The van der Waals surface area contributed by atoms with Crippen LogP contribution in [0.3, 0.4) is 0 Å². The van der Waals surface area contributed by atoms with Crippen LogP contribution in [0, 0.1) is 12.8 Å². The maximum Gasteiger partial charge on any atom is 0.240 e. The van der Waals surface area contributed by atoms with Gasteiger partial charge in [0.15, 0.2) is 0 Å². The summed E-state index contributed by atoms with van der Waals surface area (Å²) in [5.74, 6) is 1.87. The molecule has 2 aliphatic rings. The van der Waals surface area contributed by atoms with E-state index in [4.69, 9.17) is 0 Å². The van der Waals surface area contributed by atoms with E-state index in [2.05, 4.69) is 14.9 Å². The highest BCUT2D eigenvalue weighted by molar-refractivity contribution is 5.76. The van der Waals surface area contributed by atoms with Crippen molar-refractivity contribution in [2.75, 3.05) is 6.54 Å². The van der Waals surface area contributed by atoms with Crippen molar-refractivity contribution in [1.82, 2.24) is 14.9 Å². The lowest BCUT2D eigenvalue weighted by atomic mass is 10.0. The van der Waals surface area contributed by atoms with Gasteiger partial charge in [0, 0.05) is 12.2 Å². The summed E-state index contributed by atoms with van der Waals surface area (Å²) in [6.07, 6.45) is 7.16. The topological polar surface area (TPSA) is 46.9 Å². The van der Waals surface area contributed by atoms with E-state index in [0.717, 1.165) is 31.1 Å². The first kappa shape index (κ1) is 11.8. The first-order valence-electron chi connectivity index (χ1n) is 7.05. The van der Waals surface area contributed by atoms with Crippen molar-refractivity contribution >= 4 is 5.91 Å². The minimum atomic E-state index is 0.135. The third-order valence-electron chi connectivity index (χ3n) is 4.01. The number of aryl methyl sites for hydroxylation is 2. The Balaban J connectivity index is 1.67.